The molecule has 0 bridgehead atoms. The fourth-order valence-corrected chi connectivity index (χ4v) is 3.61. The lowest BCUT2D eigenvalue weighted by Gasteiger charge is -2.37. The minimum absolute atomic E-state index is 0.0237. The van der Waals surface area contributed by atoms with Gasteiger partial charge in [0, 0.05) is 13.5 Å². The maximum Gasteiger partial charge on any atom is 0.219 e. The molecule has 0 aromatic heterocycles. The lowest BCUT2D eigenvalue weighted by Crippen LogP contribution is -2.39. The van der Waals surface area contributed by atoms with Crippen LogP contribution in [-0.4, -0.2) is 38.7 Å². The van der Waals surface area contributed by atoms with E-state index in [1.807, 2.05) is 41.3 Å². The summed E-state index contributed by atoms with van der Waals surface area (Å²) in [4.78, 5) is 14.2. The highest BCUT2D eigenvalue weighted by molar-refractivity contribution is 5.74. The first-order valence-electron chi connectivity index (χ1n) is 8.72. The van der Waals surface area contributed by atoms with Crippen LogP contribution in [0.2, 0.25) is 0 Å². The van der Waals surface area contributed by atoms with Crippen molar-refractivity contribution in [2.45, 2.75) is 25.8 Å². The molecular weight excluding hydrogens is 330 g/mol. The molecule has 0 radical (unpaired) electrons. The number of carbonyl (C=O) groups is 1. The molecule has 3 rings (SSSR count). The van der Waals surface area contributed by atoms with Crippen molar-refractivity contribution in [1.29, 1.82) is 0 Å². The number of nitrogens with zero attached hydrogens (tertiary/aromatic N) is 1. The zero-order valence-electron chi connectivity index (χ0n) is 15.7. The molecule has 0 saturated carbocycles. The molecule has 1 aliphatic rings. The predicted octanol–water partition coefficient (Wildman–Crippen LogP) is 3.40. The summed E-state index contributed by atoms with van der Waals surface area (Å²) in [5.74, 6) is 2.33. The number of hydrogen-bond acceptors (Lipinski definition) is 4. The number of benzene rings is 2. The molecule has 5 heteroatoms. The molecule has 26 heavy (non-hydrogen) atoms. The standard InChI is InChI=1S/C21H25NO4/c1-14(23)22-10-9-16-12-20(25-3)21(26-4)13-18(16)19(22)11-15-5-7-17(24-2)8-6-15/h5-8,12-13,19H,9-11H2,1-4H3. The van der Waals surface area contributed by atoms with Crippen LogP contribution in [0.15, 0.2) is 36.4 Å². The van der Waals surface area contributed by atoms with E-state index in [0.717, 1.165) is 35.5 Å². The second kappa shape index (κ2) is 7.68. The van der Waals surface area contributed by atoms with Gasteiger partial charge in [0.05, 0.1) is 27.4 Å². The summed E-state index contributed by atoms with van der Waals surface area (Å²) in [6, 6.07) is 12.0. The lowest BCUT2D eigenvalue weighted by atomic mass is 9.88. The third kappa shape index (κ3) is 3.47. The summed E-state index contributed by atoms with van der Waals surface area (Å²) < 4.78 is 16.2. The highest BCUT2D eigenvalue weighted by atomic mass is 16.5. The first kappa shape index (κ1) is 18.1. The molecule has 1 atom stereocenters. The third-order valence-corrected chi connectivity index (χ3v) is 5.00. The maximum absolute atomic E-state index is 12.2. The van der Waals surface area contributed by atoms with Gasteiger partial charge in [0.25, 0.3) is 0 Å². The van der Waals surface area contributed by atoms with Crippen molar-refractivity contribution in [2.75, 3.05) is 27.9 Å². The van der Waals surface area contributed by atoms with E-state index in [1.54, 1.807) is 28.3 Å². The summed E-state index contributed by atoms with van der Waals surface area (Å²) >= 11 is 0. The monoisotopic (exact) mass is 355 g/mol. The Hall–Kier alpha value is -2.69. The van der Waals surface area contributed by atoms with Crippen molar-refractivity contribution in [3.8, 4) is 17.2 Å². The van der Waals surface area contributed by atoms with Gasteiger partial charge in [-0.1, -0.05) is 12.1 Å². The van der Waals surface area contributed by atoms with Gasteiger partial charge in [0.1, 0.15) is 5.75 Å². The molecule has 1 unspecified atom stereocenters. The Balaban J connectivity index is 2.00. The zero-order chi connectivity index (χ0) is 18.7. The molecule has 1 amide bonds. The van der Waals surface area contributed by atoms with E-state index >= 15 is 0 Å². The first-order valence-corrected chi connectivity index (χ1v) is 8.72. The quantitative estimate of drug-likeness (QED) is 0.825. The fourth-order valence-electron chi connectivity index (χ4n) is 3.61. The van der Waals surface area contributed by atoms with Crippen molar-refractivity contribution < 1.29 is 19.0 Å². The van der Waals surface area contributed by atoms with E-state index in [1.165, 1.54) is 5.56 Å². The van der Waals surface area contributed by atoms with Crippen molar-refractivity contribution in [2.24, 2.45) is 0 Å². The van der Waals surface area contributed by atoms with Gasteiger partial charge in [-0.25, -0.2) is 0 Å². The van der Waals surface area contributed by atoms with Gasteiger partial charge in [-0.15, -0.1) is 0 Å². The number of fused-ring (bicyclic) bond motifs is 1. The number of amides is 1. The summed E-state index contributed by atoms with van der Waals surface area (Å²) in [7, 11) is 4.93. The lowest BCUT2D eigenvalue weighted by molar-refractivity contribution is -0.131. The summed E-state index contributed by atoms with van der Waals surface area (Å²) in [6.45, 7) is 2.34. The molecular formula is C21H25NO4. The number of carbonyl (C=O) groups excluding carboxylic acids is 1. The number of rotatable bonds is 5. The van der Waals surface area contributed by atoms with Gasteiger partial charge in [-0.05, 0) is 53.8 Å². The third-order valence-electron chi connectivity index (χ3n) is 5.00. The van der Waals surface area contributed by atoms with Crippen LogP contribution in [0.3, 0.4) is 0 Å². The van der Waals surface area contributed by atoms with Crippen LogP contribution in [-0.2, 0) is 17.6 Å². The van der Waals surface area contributed by atoms with Gasteiger partial charge in [0.2, 0.25) is 5.91 Å². The van der Waals surface area contributed by atoms with Crippen molar-refractivity contribution in [1.82, 2.24) is 4.90 Å². The normalized spacial score (nSPS) is 16.0. The predicted molar refractivity (Wildman–Crippen MR) is 100 cm³/mol. The van der Waals surface area contributed by atoms with E-state index in [9.17, 15) is 4.79 Å². The first-order chi connectivity index (χ1) is 12.6. The van der Waals surface area contributed by atoms with Crippen LogP contribution in [0.1, 0.15) is 29.7 Å². The SMILES string of the molecule is COc1ccc(CC2c3cc(OC)c(OC)cc3CCN2C(C)=O)cc1. The second-order valence-corrected chi connectivity index (χ2v) is 6.44. The number of ether oxygens (including phenoxy) is 3. The Bertz CT molecular complexity index is 785. The van der Waals surface area contributed by atoms with Crippen LogP contribution < -0.4 is 14.2 Å². The van der Waals surface area contributed by atoms with Gasteiger partial charge in [-0.3, -0.25) is 4.79 Å². The molecule has 0 spiro atoms. The van der Waals surface area contributed by atoms with Crippen LogP contribution in [0.4, 0.5) is 0 Å². The average Bonchev–Trinajstić information content (AvgIpc) is 2.67. The molecule has 5 nitrogen and oxygen atoms in total. The molecule has 2 aromatic rings. The number of hydrogen-bond donors (Lipinski definition) is 0. The Morgan fingerprint density at radius 3 is 2.27 bits per heavy atom. The van der Waals surface area contributed by atoms with Gasteiger partial charge >= 0.3 is 0 Å². The van der Waals surface area contributed by atoms with Crippen LogP contribution in [0, 0.1) is 0 Å². The second-order valence-electron chi connectivity index (χ2n) is 6.44. The molecule has 138 valence electrons. The van der Waals surface area contributed by atoms with Crippen LogP contribution in [0.25, 0.3) is 0 Å². The minimum atomic E-state index is -0.0237. The Kier molecular flexibility index (Phi) is 5.35. The Labute approximate surface area is 154 Å². The van der Waals surface area contributed by atoms with Gasteiger partial charge in [0.15, 0.2) is 11.5 Å². The summed E-state index contributed by atoms with van der Waals surface area (Å²) in [6.07, 6.45) is 1.56. The van der Waals surface area contributed by atoms with E-state index in [-0.39, 0.29) is 11.9 Å². The molecule has 0 saturated heterocycles. The van der Waals surface area contributed by atoms with E-state index in [0.29, 0.717) is 12.3 Å². The molecule has 2 aromatic carbocycles. The van der Waals surface area contributed by atoms with E-state index < -0.39 is 0 Å². The largest absolute Gasteiger partial charge is 0.497 e. The smallest absolute Gasteiger partial charge is 0.219 e. The van der Waals surface area contributed by atoms with Crippen LogP contribution in [0.5, 0.6) is 17.2 Å². The summed E-state index contributed by atoms with van der Waals surface area (Å²) in [5.41, 5.74) is 3.49. The molecule has 0 N–H and O–H groups in total. The van der Waals surface area contributed by atoms with Gasteiger partial charge < -0.3 is 19.1 Å². The van der Waals surface area contributed by atoms with Crippen molar-refractivity contribution >= 4 is 5.91 Å². The van der Waals surface area contributed by atoms with Crippen molar-refractivity contribution in [3.63, 3.8) is 0 Å². The Morgan fingerprint density at radius 1 is 1.04 bits per heavy atom. The van der Waals surface area contributed by atoms with Crippen LogP contribution >= 0.6 is 0 Å². The number of methoxy groups -OCH3 is 3. The zero-order valence-corrected chi connectivity index (χ0v) is 15.7. The molecule has 0 aliphatic carbocycles. The maximum atomic E-state index is 12.2. The van der Waals surface area contributed by atoms with E-state index in [2.05, 4.69) is 0 Å². The minimum Gasteiger partial charge on any atom is -0.497 e. The summed E-state index contributed by atoms with van der Waals surface area (Å²) in [5, 5.41) is 0. The highest BCUT2D eigenvalue weighted by Crippen LogP contribution is 2.39. The van der Waals surface area contributed by atoms with E-state index in [4.69, 9.17) is 14.2 Å². The molecule has 1 heterocycles. The average molecular weight is 355 g/mol. The van der Waals surface area contributed by atoms with Gasteiger partial charge in [-0.2, -0.15) is 0 Å². The molecule has 1 aliphatic heterocycles. The van der Waals surface area contributed by atoms with Crippen molar-refractivity contribution in [3.05, 3.63) is 53.1 Å². The Morgan fingerprint density at radius 2 is 1.69 bits per heavy atom. The fraction of sp³-hybridized carbons (Fsp3) is 0.381. The molecule has 0 fully saturated rings. The topological polar surface area (TPSA) is 48.0 Å². The highest BCUT2D eigenvalue weighted by Gasteiger charge is 2.30.